The number of alkyl halides is 1. The second kappa shape index (κ2) is 7.39. The van der Waals surface area contributed by atoms with E-state index in [1.54, 1.807) is 11.3 Å². The molecule has 21 heavy (non-hydrogen) atoms. The van der Waals surface area contributed by atoms with Crippen molar-refractivity contribution in [1.29, 1.82) is 0 Å². The van der Waals surface area contributed by atoms with Crippen LogP contribution < -0.4 is 0 Å². The van der Waals surface area contributed by atoms with Crippen molar-refractivity contribution in [3.63, 3.8) is 0 Å². The molecule has 2 aromatic rings. The number of aromatic nitrogens is 1. The highest BCUT2D eigenvalue weighted by molar-refractivity contribution is 7.13. The summed E-state index contributed by atoms with van der Waals surface area (Å²) < 4.78 is 5.91. The molecule has 0 spiro atoms. The third kappa shape index (κ3) is 4.29. The van der Waals surface area contributed by atoms with Gasteiger partial charge in [-0.2, -0.15) is 0 Å². The molecule has 0 N–H and O–H groups in total. The summed E-state index contributed by atoms with van der Waals surface area (Å²) in [6.45, 7) is 9.27. The Bertz CT molecular complexity index is 594. The maximum atomic E-state index is 5.91. The van der Waals surface area contributed by atoms with Crippen molar-refractivity contribution in [2.75, 3.05) is 0 Å². The van der Waals surface area contributed by atoms with Crippen LogP contribution in [0.2, 0.25) is 0 Å². The number of hydrogen-bond donors (Lipinski definition) is 0. The van der Waals surface area contributed by atoms with Crippen molar-refractivity contribution in [3.8, 4) is 10.6 Å². The molecule has 1 heterocycles. The third-order valence-corrected chi connectivity index (χ3v) is 4.93. The van der Waals surface area contributed by atoms with E-state index in [4.69, 9.17) is 16.3 Å². The van der Waals surface area contributed by atoms with Crippen LogP contribution in [0.1, 0.15) is 37.6 Å². The Morgan fingerprint density at radius 2 is 2.05 bits per heavy atom. The summed E-state index contributed by atoms with van der Waals surface area (Å²) >= 11 is 7.45. The maximum Gasteiger partial charge on any atom is 0.123 e. The van der Waals surface area contributed by atoms with Gasteiger partial charge < -0.3 is 4.74 Å². The van der Waals surface area contributed by atoms with Crippen molar-refractivity contribution in [1.82, 2.24) is 4.98 Å². The zero-order chi connectivity index (χ0) is 15.4. The molecule has 2 rings (SSSR count). The van der Waals surface area contributed by atoms with Crippen LogP contribution in [0.25, 0.3) is 10.6 Å². The maximum absolute atomic E-state index is 5.91. The fourth-order valence-electron chi connectivity index (χ4n) is 1.91. The minimum atomic E-state index is 0.273. The number of halogens is 1. The summed E-state index contributed by atoms with van der Waals surface area (Å²) in [5.74, 6) is 1.00. The van der Waals surface area contributed by atoms with Crippen molar-refractivity contribution in [3.05, 3.63) is 40.4 Å². The van der Waals surface area contributed by atoms with Gasteiger partial charge in [0, 0.05) is 10.9 Å². The van der Waals surface area contributed by atoms with E-state index in [-0.39, 0.29) is 6.10 Å². The van der Waals surface area contributed by atoms with E-state index >= 15 is 0 Å². The number of ether oxygens (including phenoxy) is 1. The first-order valence-electron chi connectivity index (χ1n) is 7.23. The van der Waals surface area contributed by atoms with Gasteiger partial charge in [-0.3, -0.25) is 0 Å². The number of aryl methyl sites for hydroxylation is 1. The molecule has 0 saturated carbocycles. The topological polar surface area (TPSA) is 22.1 Å². The second-order valence-electron chi connectivity index (χ2n) is 5.68. The molecule has 0 bridgehead atoms. The zero-order valence-electron chi connectivity index (χ0n) is 13.0. The van der Waals surface area contributed by atoms with E-state index in [2.05, 4.69) is 50.9 Å². The molecular formula is C17H22ClNOS. The van der Waals surface area contributed by atoms with E-state index in [0.717, 1.165) is 16.3 Å². The number of rotatable bonds is 6. The predicted molar refractivity (Wildman–Crippen MR) is 90.9 cm³/mol. The van der Waals surface area contributed by atoms with Crippen LogP contribution in [0, 0.1) is 12.8 Å². The van der Waals surface area contributed by atoms with Crippen LogP contribution >= 0.6 is 22.9 Å². The lowest BCUT2D eigenvalue weighted by molar-refractivity contribution is 0.0233. The lowest BCUT2D eigenvalue weighted by Crippen LogP contribution is -2.15. The quantitative estimate of drug-likeness (QED) is 0.662. The molecule has 0 aliphatic rings. The smallest absolute Gasteiger partial charge is 0.123 e. The van der Waals surface area contributed by atoms with Gasteiger partial charge in [0.15, 0.2) is 0 Å². The molecule has 2 nitrogen and oxygen atoms in total. The SMILES string of the molecule is Cc1cc(-c2nc(CCl)cs2)ccc1COC(C)C(C)C. The van der Waals surface area contributed by atoms with Crippen molar-refractivity contribution in [2.45, 2.75) is 46.3 Å². The molecule has 0 radical (unpaired) electrons. The fourth-order valence-corrected chi connectivity index (χ4v) is 2.95. The van der Waals surface area contributed by atoms with Gasteiger partial charge >= 0.3 is 0 Å². The molecular weight excluding hydrogens is 302 g/mol. The van der Waals surface area contributed by atoms with E-state index in [1.165, 1.54) is 11.1 Å². The molecule has 1 atom stereocenters. The molecule has 1 unspecified atom stereocenters. The number of hydrogen-bond acceptors (Lipinski definition) is 3. The molecule has 0 amide bonds. The van der Waals surface area contributed by atoms with E-state index in [1.807, 2.05) is 5.38 Å². The van der Waals surface area contributed by atoms with E-state index in [0.29, 0.717) is 18.4 Å². The number of nitrogens with zero attached hydrogens (tertiary/aromatic N) is 1. The van der Waals surface area contributed by atoms with Gasteiger partial charge in [0.25, 0.3) is 0 Å². The van der Waals surface area contributed by atoms with Gasteiger partial charge in [-0.15, -0.1) is 22.9 Å². The lowest BCUT2D eigenvalue weighted by Gasteiger charge is -2.17. The first kappa shape index (κ1) is 16.5. The summed E-state index contributed by atoms with van der Waals surface area (Å²) in [4.78, 5) is 4.52. The average Bonchev–Trinajstić information content (AvgIpc) is 2.94. The summed E-state index contributed by atoms with van der Waals surface area (Å²) in [6.07, 6.45) is 0.273. The minimum absolute atomic E-state index is 0.273. The second-order valence-corrected chi connectivity index (χ2v) is 6.80. The number of benzene rings is 1. The number of thiazole rings is 1. The molecule has 0 fully saturated rings. The minimum Gasteiger partial charge on any atom is -0.374 e. The molecule has 0 saturated heterocycles. The van der Waals surface area contributed by atoms with Crippen LogP contribution in [0.4, 0.5) is 0 Å². The van der Waals surface area contributed by atoms with E-state index in [9.17, 15) is 0 Å². The van der Waals surface area contributed by atoms with Crippen LogP contribution in [0.5, 0.6) is 0 Å². The summed E-state index contributed by atoms with van der Waals surface area (Å²) in [6, 6.07) is 6.43. The molecule has 114 valence electrons. The Labute approximate surface area is 136 Å². The fraction of sp³-hybridized carbons (Fsp3) is 0.471. The van der Waals surface area contributed by atoms with Gasteiger partial charge in [-0.1, -0.05) is 26.0 Å². The van der Waals surface area contributed by atoms with Crippen LogP contribution in [0.15, 0.2) is 23.6 Å². The zero-order valence-corrected chi connectivity index (χ0v) is 14.6. The largest absolute Gasteiger partial charge is 0.374 e. The van der Waals surface area contributed by atoms with Crippen LogP contribution in [-0.4, -0.2) is 11.1 Å². The van der Waals surface area contributed by atoms with Crippen molar-refractivity contribution < 1.29 is 4.74 Å². The van der Waals surface area contributed by atoms with Gasteiger partial charge in [-0.05, 0) is 37.0 Å². The Hall–Kier alpha value is -0.900. The van der Waals surface area contributed by atoms with Gasteiger partial charge in [0.1, 0.15) is 5.01 Å². The van der Waals surface area contributed by atoms with Gasteiger partial charge in [0.05, 0.1) is 24.3 Å². The summed E-state index contributed by atoms with van der Waals surface area (Å²) in [5.41, 5.74) is 4.56. The Morgan fingerprint density at radius 1 is 1.29 bits per heavy atom. The first-order valence-corrected chi connectivity index (χ1v) is 8.64. The Kier molecular flexibility index (Phi) is 5.80. The van der Waals surface area contributed by atoms with Crippen LogP contribution in [0.3, 0.4) is 0 Å². The van der Waals surface area contributed by atoms with Crippen molar-refractivity contribution in [2.24, 2.45) is 5.92 Å². The monoisotopic (exact) mass is 323 g/mol. The summed E-state index contributed by atoms with van der Waals surface area (Å²) in [7, 11) is 0. The Balaban J connectivity index is 2.10. The molecule has 0 aliphatic carbocycles. The Morgan fingerprint density at radius 3 is 2.62 bits per heavy atom. The first-order chi connectivity index (χ1) is 10.0. The normalized spacial score (nSPS) is 12.9. The highest BCUT2D eigenvalue weighted by Gasteiger charge is 2.10. The van der Waals surface area contributed by atoms with Gasteiger partial charge in [-0.25, -0.2) is 4.98 Å². The summed E-state index contributed by atoms with van der Waals surface area (Å²) in [5, 5.41) is 3.04. The lowest BCUT2D eigenvalue weighted by atomic mass is 10.1. The highest BCUT2D eigenvalue weighted by Crippen LogP contribution is 2.26. The standard InChI is InChI=1S/C17H22ClNOS/c1-11(2)13(4)20-9-15-6-5-14(7-12(15)3)17-19-16(8-18)10-21-17/h5-7,10-11,13H,8-9H2,1-4H3. The predicted octanol–water partition coefficient (Wildman–Crippen LogP) is 5.42. The van der Waals surface area contributed by atoms with Crippen molar-refractivity contribution >= 4 is 22.9 Å². The molecule has 0 aliphatic heterocycles. The third-order valence-electron chi connectivity index (χ3n) is 3.72. The van der Waals surface area contributed by atoms with Gasteiger partial charge in [0.2, 0.25) is 0 Å². The molecule has 4 heteroatoms. The molecule has 1 aromatic heterocycles. The van der Waals surface area contributed by atoms with Crippen LogP contribution in [-0.2, 0) is 17.2 Å². The highest BCUT2D eigenvalue weighted by atomic mass is 35.5. The van der Waals surface area contributed by atoms with E-state index < -0.39 is 0 Å². The average molecular weight is 324 g/mol. The molecule has 1 aromatic carbocycles.